The average Bonchev–Trinajstić information content (AvgIpc) is 2.46. The second kappa shape index (κ2) is 7.10. The third-order valence-corrected chi connectivity index (χ3v) is 3.86. The summed E-state index contributed by atoms with van der Waals surface area (Å²) in [4.78, 5) is 17.2. The largest absolute Gasteiger partial charge is 0.351 e. The second-order valence-electron chi connectivity index (χ2n) is 4.61. The lowest BCUT2D eigenvalue weighted by atomic mass is 10.2. The van der Waals surface area contributed by atoms with Crippen LogP contribution in [0.1, 0.15) is 21.6 Å². The van der Waals surface area contributed by atoms with Gasteiger partial charge in [-0.2, -0.15) is 0 Å². The summed E-state index contributed by atoms with van der Waals surface area (Å²) < 4.78 is 0. The Hall–Kier alpha value is -1.81. The summed E-state index contributed by atoms with van der Waals surface area (Å²) in [5, 5.41) is 2.90. The Labute approximate surface area is 123 Å². The predicted octanol–water partition coefficient (Wildman–Crippen LogP) is 3.22. The normalized spacial score (nSPS) is 10.3. The summed E-state index contributed by atoms with van der Waals surface area (Å²) in [6.07, 6.45) is 1.61. The van der Waals surface area contributed by atoms with Gasteiger partial charge in [-0.1, -0.05) is 17.7 Å². The molecule has 0 atom stereocenters. The van der Waals surface area contributed by atoms with E-state index in [0.717, 1.165) is 11.4 Å². The van der Waals surface area contributed by atoms with Crippen molar-refractivity contribution in [3.05, 3.63) is 59.4 Å². The average molecular weight is 286 g/mol. The van der Waals surface area contributed by atoms with Gasteiger partial charge in [-0.05, 0) is 38.1 Å². The van der Waals surface area contributed by atoms with E-state index in [-0.39, 0.29) is 5.91 Å². The Kier molecular flexibility index (Phi) is 5.18. The van der Waals surface area contributed by atoms with Gasteiger partial charge in [0.25, 0.3) is 5.91 Å². The van der Waals surface area contributed by atoms with Crippen LogP contribution >= 0.6 is 11.8 Å². The van der Waals surface area contributed by atoms with Gasteiger partial charge in [0.05, 0.1) is 5.56 Å². The molecular formula is C16H18N2OS. The molecule has 0 aliphatic rings. The highest BCUT2D eigenvalue weighted by molar-refractivity contribution is 7.99. The van der Waals surface area contributed by atoms with Crippen molar-refractivity contribution in [1.29, 1.82) is 0 Å². The molecule has 1 heterocycles. The minimum Gasteiger partial charge on any atom is -0.351 e. The first-order valence-corrected chi connectivity index (χ1v) is 7.54. The van der Waals surface area contributed by atoms with Gasteiger partial charge in [0.15, 0.2) is 0 Å². The molecule has 1 amide bonds. The van der Waals surface area contributed by atoms with E-state index in [1.807, 2.05) is 13.0 Å². The second-order valence-corrected chi connectivity index (χ2v) is 5.77. The van der Waals surface area contributed by atoms with Crippen LogP contribution in [0.15, 0.2) is 47.5 Å². The number of amides is 1. The van der Waals surface area contributed by atoms with Crippen molar-refractivity contribution in [3.8, 4) is 0 Å². The maximum absolute atomic E-state index is 11.9. The molecule has 0 aliphatic heterocycles. The van der Waals surface area contributed by atoms with E-state index < -0.39 is 0 Å². The molecule has 0 fully saturated rings. The fourth-order valence-electron chi connectivity index (χ4n) is 1.67. The number of nitrogens with zero attached hydrogens (tertiary/aromatic N) is 1. The molecule has 0 saturated carbocycles. The van der Waals surface area contributed by atoms with Gasteiger partial charge >= 0.3 is 0 Å². The van der Waals surface area contributed by atoms with E-state index in [1.165, 1.54) is 10.5 Å². The smallest absolute Gasteiger partial charge is 0.252 e. The molecule has 2 rings (SSSR count). The summed E-state index contributed by atoms with van der Waals surface area (Å²) in [6.45, 7) is 4.62. The fourth-order valence-corrected chi connectivity index (χ4v) is 2.44. The van der Waals surface area contributed by atoms with Gasteiger partial charge in [0.1, 0.15) is 0 Å². The zero-order chi connectivity index (χ0) is 14.4. The van der Waals surface area contributed by atoms with E-state index in [0.29, 0.717) is 12.1 Å². The number of thioether (sulfide) groups is 1. The van der Waals surface area contributed by atoms with Gasteiger partial charge in [0.2, 0.25) is 0 Å². The van der Waals surface area contributed by atoms with Gasteiger partial charge in [-0.15, -0.1) is 11.8 Å². The molecule has 3 nitrogen and oxygen atoms in total. The molecule has 104 valence electrons. The zero-order valence-corrected chi connectivity index (χ0v) is 12.5. The molecule has 0 radical (unpaired) electrons. The summed E-state index contributed by atoms with van der Waals surface area (Å²) in [5.74, 6) is 0.788. The molecule has 2 aromatic rings. The molecule has 0 aliphatic carbocycles. The Morgan fingerprint density at radius 3 is 2.55 bits per heavy atom. The van der Waals surface area contributed by atoms with Gasteiger partial charge in [0, 0.05) is 29.1 Å². The topological polar surface area (TPSA) is 42.0 Å². The maximum Gasteiger partial charge on any atom is 0.252 e. The highest BCUT2D eigenvalue weighted by Crippen LogP contribution is 2.17. The van der Waals surface area contributed by atoms with E-state index in [2.05, 4.69) is 41.5 Å². The van der Waals surface area contributed by atoms with Gasteiger partial charge < -0.3 is 5.32 Å². The number of aromatic nitrogens is 1. The lowest BCUT2D eigenvalue weighted by molar-refractivity contribution is 0.0956. The van der Waals surface area contributed by atoms with Crippen LogP contribution in [0.4, 0.5) is 0 Å². The molecule has 1 aromatic carbocycles. The van der Waals surface area contributed by atoms with Crippen LogP contribution in [0.5, 0.6) is 0 Å². The quantitative estimate of drug-likeness (QED) is 0.678. The van der Waals surface area contributed by atoms with E-state index in [4.69, 9.17) is 0 Å². The van der Waals surface area contributed by atoms with E-state index in [1.54, 1.807) is 24.0 Å². The SMILES string of the molecule is Cc1ccc(SCCNC(=O)c2ccc(C)nc2)cc1. The molecule has 1 aromatic heterocycles. The Morgan fingerprint density at radius 1 is 1.15 bits per heavy atom. The van der Waals surface area contributed by atoms with Crippen LogP contribution in [0.3, 0.4) is 0 Å². The van der Waals surface area contributed by atoms with Crippen molar-refractivity contribution in [1.82, 2.24) is 10.3 Å². The van der Waals surface area contributed by atoms with Crippen LogP contribution in [0.25, 0.3) is 0 Å². The molecule has 20 heavy (non-hydrogen) atoms. The van der Waals surface area contributed by atoms with Crippen LogP contribution < -0.4 is 5.32 Å². The fraction of sp³-hybridized carbons (Fsp3) is 0.250. The third kappa shape index (κ3) is 4.38. The lowest BCUT2D eigenvalue weighted by Crippen LogP contribution is -2.25. The number of aryl methyl sites for hydroxylation is 2. The highest BCUT2D eigenvalue weighted by atomic mass is 32.2. The molecule has 0 unspecified atom stereocenters. The number of pyridine rings is 1. The standard InChI is InChI=1S/C16H18N2OS/c1-12-3-7-15(8-4-12)20-10-9-17-16(19)14-6-5-13(2)18-11-14/h3-8,11H,9-10H2,1-2H3,(H,17,19). The minimum absolute atomic E-state index is 0.0676. The molecule has 1 N–H and O–H groups in total. The molecule has 0 spiro atoms. The van der Waals surface area contributed by atoms with Crippen molar-refractivity contribution >= 4 is 17.7 Å². The van der Waals surface area contributed by atoms with Crippen molar-refractivity contribution in [2.45, 2.75) is 18.7 Å². The summed E-state index contributed by atoms with van der Waals surface area (Å²) in [6, 6.07) is 12.0. The van der Waals surface area contributed by atoms with Crippen LogP contribution in [0, 0.1) is 13.8 Å². The molecule has 4 heteroatoms. The number of hydrogen-bond acceptors (Lipinski definition) is 3. The number of nitrogens with one attached hydrogen (secondary N) is 1. The molecular weight excluding hydrogens is 268 g/mol. The maximum atomic E-state index is 11.9. The number of carbonyl (C=O) groups is 1. The van der Waals surface area contributed by atoms with Crippen LogP contribution in [0.2, 0.25) is 0 Å². The van der Waals surface area contributed by atoms with E-state index >= 15 is 0 Å². The zero-order valence-electron chi connectivity index (χ0n) is 11.7. The number of benzene rings is 1. The van der Waals surface area contributed by atoms with Gasteiger partial charge in [-0.3, -0.25) is 9.78 Å². The predicted molar refractivity (Wildman–Crippen MR) is 83.2 cm³/mol. The third-order valence-electron chi connectivity index (χ3n) is 2.85. The van der Waals surface area contributed by atoms with Crippen molar-refractivity contribution in [3.63, 3.8) is 0 Å². The first-order chi connectivity index (χ1) is 9.65. The highest BCUT2D eigenvalue weighted by Gasteiger charge is 2.04. The Bertz CT molecular complexity index is 564. The van der Waals surface area contributed by atoms with Crippen LogP contribution in [-0.2, 0) is 0 Å². The van der Waals surface area contributed by atoms with Crippen molar-refractivity contribution in [2.24, 2.45) is 0 Å². The molecule has 0 bridgehead atoms. The summed E-state index contributed by atoms with van der Waals surface area (Å²) in [7, 11) is 0. The minimum atomic E-state index is -0.0676. The van der Waals surface area contributed by atoms with Gasteiger partial charge in [-0.25, -0.2) is 0 Å². The summed E-state index contributed by atoms with van der Waals surface area (Å²) in [5.41, 5.74) is 2.78. The molecule has 0 saturated heterocycles. The Morgan fingerprint density at radius 2 is 1.90 bits per heavy atom. The number of hydrogen-bond donors (Lipinski definition) is 1. The van der Waals surface area contributed by atoms with E-state index in [9.17, 15) is 4.79 Å². The van der Waals surface area contributed by atoms with Crippen LogP contribution in [-0.4, -0.2) is 23.2 Å². The van der Waals surface area contributed by atoms with Crippen molar-refractivity contribution in [2.75, 3.05) is 12.3 Å². The first kappa shape index (κ1) is 14.6. The lowest BCUT2D eigenvalue weighted by Gasteiger charge is -2.05. The Balaban J connectivity index is 1.74. The number of rotatable bonds is 5. The summed E-state index contributed by atoms with van der Waals surface area (Å²) >= 11 is 1.74. The monoisotopic (exact) mass is 286 g/mol. The first-order valence-electron chi connectivity index (χ1n) is 6.55. The van der Waals surface area contributed by atoms with Crippen molar-refractivity contribution < 1.29 is 4.79 Å². The number of carbonyl (C=O) groups excluding carboxylic acids is 1.